The molecule has 1 atom stereocenters. The largest absolute Gasteiger partial charge is 0.430 e. The third-order valence-electron chi connectivity index (χ3n) is 7.46. The number of carbonyl (C=O) groups is 1. The summed E-state index contributed by atoms with van der Waals surface area (Å²) < 4.78 is 109. The number of nitrogens with one attached hydrogen (secondary N) is 2. The molecule has 2 aromatic heterocycles. The number of sulfonamides is 1. The van der Waals surface area contributed by atoms with Crippen LogP contribution in [0.5, 0.6) is 0 Å². The first-order chi connectivity index (χ1) is 19.3. The van der Waals surface area contributed by atoms with Gasteiger partial charge < -0.3 is 21.5 Å². The lowest BCUT2D eigenvalue weighted by Gasteiger charge is -2.49. The smallest absolute Gasteiger partial charge is 0.384 e. The number of amides is 1. The van der Waals surface area contributed by atoms with Gasteiger partial charge in [0.15, 0.2) is 5.82 Å². The summed E-state index contributed by atoms with van der Waals surface area (Å²) in [4.78, 5) is 25.5. The van der Waals surface area contributed by atoms with Crippen LogP contribution in [0.2, 0.25) is 0 Å². The number of nitrogens with two attached hydrogens (primary N) is 1. The highest BCUT2D eigenvalue weighted by Gasteiger charge is 2.72. The van der Waals surface area contributed by atoms with Gasteiger partial charge >= 0.3 is 12.4 Å². The zero-order valence-corrected chi connectivity index (χ0v) is 23.1. The lowest BCUT2D eigenvalue weighted by Crippen LogP contribution is -2.69. The molecule has 5 N–H and O–H groups in total. The van der Waals surface area contributed by atoms with Crippen LogP contribution in [0, 0.1) is 0 Å². The number of aliphatic hydroxyl groups is 1. The van der Waals surface area contributed by atoms with Crippen LogP contribution in [-0.2, 0) is 26.0 Å². The maximum absolute atomic E-state index is 13.5. The Balaban J connectivity index is 1.80. The Morgan fingerprint density at radius 1 is 1.00 bits per heavy atom. The summed E-state index contributed by atoms with van der Waals surface area (Å²) in [5.41, 5.74) is -4.12. The van der Waals surface area contributed by atoms with E-state index in [0.717, 1.165) is 10.5 Å². The Labute approximate surface area is 236 Å². The maximum Gasteiger partial charge on any atom is 0.430 e. The number of carbonyl (C=O) groups excluding carboxylic acids is 1. The zero-order valence-electron chi connectivity index (χ0n) is 22.3. The molecule has 0 unspecified atom stereocenters. The van der Waals surface area contributed by atoms with E-state index in [4.69, 9.17) is 5.73 Å². The van der Waals surface area contributed by atoms with Gasteiger partial charge in [-0.3, -0.25) is 9.69 Å². The fourth-order valence-electron chi connectivity index (χ4n) is 4.88. The van der Waals surface area contributed by atoms with Crippen LogP contribution in [-0.4, -0.2) is 101 Å². The Morgan fingerprint density at radius 3 is 2.17 bits per heavy atom. The molecule has 4 rings (SSSR count). The molecule has 2 saturated heterocycles. The van der Waals surface area contributed by atoms with E-state index in [9.17, 15) is 44.7 Å². The molecule has 232 valence electrons. The third kappa shape index (κ3) is 5.38. The molecule has 0 spiro atoms. The lowest BCUT2D eigenvalue weighted by molar-refractivity contribution is -0.376. The molecule has 0 bridgehead atoms. The van der Waals surface area contributed by atoms with Gasteiger partial charge in [0, 0.05) is 63.4 Å². The second-order valence-electron chi connectivity index (χ2n) is 10.5. The summed E-state index contributed by atoms with van der Waals surface area (Å²) in [6.45, 7) is 3.02. The molecule has 2 aromatic rings. The van der Waals surface area contributed by atoms with Crippen LogP contribution in [0.1, 0.15) is 25.2 Å². The standard InChI is InChI=1S/C23H28F6N8O4S/c1-19(2)18(38)31-5-7-36(19)12-20(13-37(8-6-35-20)42(40,41)15-3-4-16(30)32-11-15)17-33-9-14(10-34-17)21(39,22(24,25)26)23(27,28)29/h3-4,9-11,35,39H,5-8,12-13H2,1-2H3,(H2,30,32)(H,31,38)/t20-/m0/s1. The highest BCUT2D eigenvalue weighted by atomic mass is 32.2. The summed E-state index contributed by atoms with van der Waals surface area (Å²) in [6, 6.07) is 2.52. The number of nitrogens with zero attached hydrogens (tertiary/aromatic N) is 5. The minimum absolute atomic E-state index is 0.0255. The summed E-state index contributed by atoms with van der Waals surface area (Å²) in [7, 11) is -4.22. The monoisotopic (exact) mass is 626 g/mol. The molecule has 4 heterocycles. The number of aromatic nitrogens is 3. The minimum atomic E-state index is -6.15. The summed E-state index contributed by atoms with van der Waals surface area (Å²) in [5, 5.41) is 15.6. The van der Waals surface area contributed by atoms with E-state index in [-0.39, 0.29) is 67.6 Å². The van der Waals surface area contributed by atoms with Crippen molar-refractivity contribution in [3.8, 4) is 0 Å². The van der Waals surface area contributed by atoms with E-state index < -0.39 is 51.2 Å². The van der Waals surface area contributed by atoms with Crippen LogP contribution in [0.4, 0.5) is 32.2 Å². The van der Waals surface area contributed by atoms with E-state index in [1.165, 1.54) is 12.1 Å². The number of piperazine rings is 2. The predicted molar refractivity (Wildman–Crippen MR) is 134 cm³/mol. The van der Waals surface area contributed by atoms with Crippen molar-refractivity contribution in [3.05, 3.63) is 42.1 Å². The molecule has 2 fully saturated rings. The van der Waals surface area contributed by atoms with Crippen molar-refractivity contribution < 1.29 is 44.7 Å². The van der Waals surface area contributed by atoms with Crippen LogP contribution in [0.15, 0.2) is 35.6 Å². The van der Waals surface area contributed by atoms with Gasteiger partial charge in [-0.25, -0.2) is 23.4 Å². The fourth-order valence-corrected chi connectivity index (χ4v) is 6.32. The number of halogens is 6. The number of nitrogen functional groups attached to an aromatic ring is 1. The molecule has 2 aliphatic heterocycles. The molecular formula is C23H28F6N8O4S. The van der Waals surface area contributed by atoms with Crippen LogP contribution < -0.4 is 16.4 Å². The van der Waals surface area contributed by atoms with E-state index in [2.05, 4.69) is 25.6 Å². The molecule has 0 aliphatic carbocycles. The van der Waals surface area contributed by atoms with Gasteiger partial charge in [0.25, 0.3) is 5.60 Å². The predicted octanol–water partition coefficient (Wildman–Crippen LogP) is 0.466. The van der Waals surface area contributed by atoms with Crippen molar-refractivity contribution in [1.29, 1.82) is 0 Å². The van der Waals surface area contributed by atoms with Gasteiger partial charge in [-0.2, -0.15) is 30.6 Å². The average molecular weight is 627 g/mol. The molecule has 1 amide bonds. The first-order valence-corrected chi connectivity index (χ1v) is 13.9. The SMILES string of the molecule is CC1(C)C(=O)NCCN1C[C@@]1(c2ncc(C(O)(C(F)(F)F)C(F)(F)F)cn2)CN(S(=O)(=O)c2ccc(N)nc2)CCN1. The molecular weight excluding hydrogens is 598 g/mol. The summed E-state index contributed by atoms with van der Waals surface area (Å²) in [5.74, 6) is -0.635. The van der Waals surface area contributed by atoms with Gasteiger partial charge in [-0.15, -0.1) is 0 Å². The summed E-state index contributed by atoms with van der Waals surface area (Å²) in [6.07, 6.45) is -10.8. The van der Waals surface area contributed by atoms with Crippen molar-refractivity contribution >= 4 is 21.7 Å². The quantitative estimate of drug-likeness (QED) is 0.331. The highest BCUT2D eigenvalue weighted by molar-refractivity contribution is 7.89. The van der Waals surface area contributed by atoms with Crippen molar-refractivity contribution in [2.24, 2.45) is 0 Å². The number of hydrogen-bond donors (Lipinski definition) is 4. The molecule has 0 saturated carbocycles. The third-order valence-corrected chi connectivity index (χ3v) is 9.29. The number of hydrogen-bond acceptors (Lipinski definition) is 10. The van der Waals surface area contributed by atoms with Gasteiger partial charge in [0.2, 0.25) is 15.9 Å². The highest BCUT2D eigenvalue weighted by Crippen LogP contribution is 2.49. The first-order valence-electron chi connectivity index (χ1n) is 12.4. The molecule has 12 nitrogen and oxygen atoms in total. The van der Waals surface area contributed by atoms with Crippen molar-refractivity contribution in [3.63, 3.8) is 0 Å². The van der Waals surface area contributed by atoms with E-state index in [0.29, 0.717) is 0 Å². The molecule has 19 heteroatoms. The normalized spacial score (nSPS) is 23.0. The molecule has 0 radical (unpaired) electrons. The number of anilines is 1. The molecule has 0 aromatic carbocycles. The number of alkyl halides is 6. The van der Waals surface area contributed by atoms with E-state index in [1.807, 2.05) is 0 Å². The minimum Gasteiger partial charge on any atom is -0.384 e. The topological polar surface area (TPSA) is 167 Å². The zero-order chi connectivity index (χ0) is 31.4. The fraction of sp³-hybridized carbons (Fsp3) is 0.565. The van der Waals surface area contributed by atoms with Crippen molar-refractivity contribution in [2.75, 3.05) is 45.0 Å². The second-order valence-corrected chi connectivity index (χ2v) is 12.4. The number of rotatable bonds is 6. The maximum atomic E-state index is 13.5. The Morgan fingerprint density at radius 2 is 1.62 bits per heavy atom. The molecule has 2 aliphatic rings. The Bertz CT molecular complexity index is 1410. The van der Waals surface area contributed by atoms with Crippen LogP contribution >= 0.6 is 0 Å². The number of pyridine rings is 1. The van der Waals surface area contributed by atoms with Gasteiger partial charge in [0.1, 0.15) is 16.3 Å². The van der Waals surface area contributed by atoms with Gasteiger partial charge in [0.05, 0.1) is 5.54 Å². The first kappa shape index (κ1) is 31.8. The summed E-state index contributed by atoms with van der Waals surface area (Å²) >= 11 is 0. The second kappa shape index (κ2) is 10.5. The van der Waals surface area contributed by atoms with Crippen molar-refractivity contribution in [2.45, 2.75) is 47.8 Å². The lowest BCUT2D eigenvalue weighted by atomic mass is 9.90. The average Bonchev–Trinajstić information content (AvgIpc) is 2.90. The Hall–Kier alpha value is -3.13. The van der Waals surface area contributed by atoms with Crippen LogP contribution in [0.3, 0.4) is 0 Å². The Kier molecular flexibility index (Phi) is 7.98. The van der Waals surface area contributed by atoms with Gasteiger partial charge in [-0.1, -0.05) is 0 Å². The van der Waals surface area contributed by atoms with Crippen LogP contribution in [0.25, 0.3) is 0 Å². The van der Waals surface area contributed by atoms with Gasteiger partial charge in [-0.05, 0) is 26.0 Å². The molecule has 42 heavy (non-hydrogen) atoms. The van der Waals surface area contributed by atoms with E-state index >= 15 is 0 Å². The van der Waals surface area contributed by atoms with Crippen molar-refractivity contribution in [1.82, 2.24) is 34.8 Å². The van der Waals surface area contributed by atoms with E-state index in [1.54, 1.807) is 18.7 Å².